The monoisotopic (exact) mass is 343 g/mol. The molecule has 1 aromatic carbocycles. The van der Waals surface area contributed by atoms with Crippen molar-refractivity contribution < 1.29 is 18.7 Å². The Kier molecular flexibility index (Phi) is 5.43. The Labute approximate surface area is 147 Å². The Balaban J connectivity index is 1.50. The lowest BCUT2D eigenvalue weighted by molar-refractivity contribution is -0.153. The van der Waals surface area contributed by atoms with Crippen LogP contribution in [-0.2, 0) is 20.9 Å². The summed E-state index contributed by atoms with van der Waals surface area (Å²) in [5.41, 5.74) is 1.72. The normalized spacial score (nSPS) is 22.4. The SMILES string of the molecule is CN(CCC(=O)C1=CC2CCC(=O)OC2C=C1)Cc1ccc(F)cc1. The van der Waals surface area contributed by atoms with Crippen LogP contribution in [0.2, 0.25) is 0 Å². The molecule has 0 spiro atoms. The highest BCUT2D eigenvalue weighted by atomic mass is 19.1. The summed E-state index contributed by atoms with van der Waals surface area (Å²) in [6, 6.07) is 6.40. The number of halogens is 1. The second-order valence-corrected chi connectivity index (χ2v) is 6.68. The van der Waals surface area contributed by atoms with Crippen LogP contribution in [0.3, 0.4) is 0 Å². The number of allylic oxidation sites excluding steroid dienone is 2. The fourth-order valence-electron chi connectivity index (χ4n) is 3.19. The van der Waals surface area contributed by atoms with Crippen molar-refractivity contribution in [2.75, 3.05) is 13.6 Å². The van der Waals surface area contributed by atoms with E-state index in [1.807, 2.05) is 24.1 Å². The van der Waals surface area contributed by atoms with E-state index in [2.05, 4.69) is 0 Å². The van der Waals surface area contributed by atoms with Gasteiger partial charge in [0.25, 0.3) is 0 Å². The van der Waals surface area contributed by atoms with E-state index in [9.17, 15) is 14.0 Å². The molecule has 0 amide bonds. The zero-order chi connectivity index (χ0) is 17.8. The fraction of sp³-hybridized carbons (Fsp3) is 0.400. The molecule has 2 unspecified atom stereocenters. The third-order valence-electron chi connectivity index (χ3n) is 4.64. The van der Waals surface area contributed by atoms with Crippen molar-refractivity contribution in [2.45, 2.75) is 31.9 Å². The zero-order valence-electron chi connectivity index (χ0n) is 14.3. The Morgan fingerprint density at radius 3 is 2.84 bits per heavy atom. The minimum absolute atomic E-state index is 0.0950. The molecule has 132 valence electrons. The summed E-state index contributed by atoms with van der Waals surface area (Å²) in [5, 5.41) is 0. The van der Waals surface area contributed by atoms with Crippen molar-refractivity contribution in [1.82, 2.24) is 4.90 Å². The van der Waals surface area contributed by atoms with Gasteiger partial charge in [-0.1, -0.05) is 24.3 Å². The standard InChI is InChI=1S/C20H22FNO3/c1-22(13-14-2-6-17(21)7-3-14)11-10-18(23)15-4-8-19-16(12-15)5-9-20(24)25-19/h2-4,6-8,12,16,19H,5,9-11,13H2,1H3. The van der Waals surface area contributed by atoms with Crippen molar-refractivity contribution >= 4 is 11.8 Å². The molecule has 2 atom stereocenters. The number of ether oxygens (including phenoxy) is 1. The van der Waals surface area contributed by atoms with Crippen LogP contribution in [0.1, 0.15) is 24.8 Å². The second kappa shape index (κ2) is 7.74. The Hall–Kier alpha value is -2.27. The molecule has 1 saturated heterocycles. The van der Waals surface area contributed by atoms with Crippen molar-refractivity contribution in [1.29, 1.82) is 0 Å². The number of fused-ring (bicyclic) bond motifs is 1. The number of esters is 1. The fourth-order valence-corrected chi connectivity index (χ4v) is 3.19. The van der Waals surface area contributed by atoms with Crippen molar-refractivity contribution in [3.8, 4) is 0 Å². The van der Waals surface area contributed by atoms with E-state index in [4.69, 9.17) is 4.74 Å². The summed E-state index contributed by atoms with van der Waals surface area (Å²) < 4.78 is 18.2. The third kappa shape index (κ3) is 4.63. The van der Waals surface area contributed by atoms with Gasteiger partial charge < -0.3 is 9.64 Å². The van der Waals surface area contributed by atoms with Crippen LogP contribution in [0.4, 0.5) is 4.39 Å². The molecule has 25 heavy (non-hydrogen) atoms. The lowest BCUT2D eigenvalue weighted by atomic mass is 9.86. The second-order valence-electron chi connectivity index (χ2n) is 6.68. The summed E-state index contributed by atoms with van der Waals surface area (Å²) in [7, 11) is 1.94. The van der Waals surface area contributed by atoms with E-state index < -0.39 is 0 Å². The van der Waals surface area contributed by atoms with Crippen LogP contribution < -0.4 is 0 Å². The molecule has 0 N–H and O–H groups in total. The molecule has 1 fully saturated rings. The van der Waals surface area contributed by atoms with Gasteiger partial charge >= 0.3 is 5.97 Å². The summed E-state index contributed by atoms with van der Waals surface area (Å²) in [5.74, 6) is -0.211. The maximum atomic E-state index is 12.9. The smallest absolute Gasteiger partial charge is 0.306 e. The molecule has 0 saturated carbocycles. The number of rotatable bonds is 6. The highest BCUT2D eigenvalue weighted by Gasteiger charge is 2.30. The van der Waals surface area contributed by atoms with Gasteiger partial charge in [0.05, 0.1) is 0 Å². The molecule has 0 radical (unpaired) electrons. The molecule has 1 aliphatic carbocycles. The lowest BCUT2D eigenvalue weighted by Gasteiger charge is -2.29. The number of Topliss-reactive ketones (excluding diaryl/α,β-unsaturated/α-hetero) is 1. The van der Waals surface area contributed by atoms with Gasteiger partial charge in [-0.3, -0.25) is 9.59 Å². The first-order valence-electron chi connectivity index (χ1n) is 8.57. The molecular formula is C20H22FNO3. The number of nitrogens with zero attached hydrogens (tertiary/aromatic N) is 1. The first-order valence-corrected chi connectivity index (χ1v) is 8.57. The topological polar surface area (TPSA) is 46.6 Å². The molecule has 0 aromatic heterocycles. The first-order chi connectivity index (χ1) is 12.0. The van der Waals surface area contributed by atoms with Crippen LogP contribution in [-0.4, -0.2) is 36.3 Å². The van der Waals surface area contributed by atoms with Crippen LogP contribution in [0.5, 0.6) is 0 Å². The van der Waals surface area contributed by atoms with Gasteiger partial charge in [-0.25, -0.2) is 4.39 Å². The van der Waals surface area contributed by atoms with Gasteiger partial charge in [0.2, 0.25) is 0 Å². The van der Waals surface area contributed by atoms with Crippen molar-refractivity contribution in [3.05, 3.63) is 59.4 Å². The van der Waals surface area contributed by atoms with E-state index in [0.29, 0.717) is 31.5 Å². The Morgan fingerprint density at radius 1 is 1.32 bits per heavy atom. The van der Waals surface area contributed by atoms with E-state index in [1.54, 1.807) is 18.2 Å². The zero-order valence-corrected chi connectivity index (χ0v) is 14.3. The minimum atomic E-state index is -0.246. The lowest BCUT2D eigenvalue weighted by Crippen LogP contribution is -2.32. The number of hydrogen-bond acceptors (Lipinski definition) is 4. The summed E-state index contributed by atoms with van der Waals surface area (Å²) in [4.78, 5) is 25.8. The molecule has 1 aromatic rings. The minimum Gasteiger partial charge on any atom is -0.457 e. The largest absolute Gasteiger partial charge is 0.457 e. The number of hydrogen-bond donors (Lipinski definition) is 0. The van der Waals surface area contributed by atoms with E-state index in [0.717, 1.165) is 12.0 Å². The molecule has 5 heteroatoms. The number of carbonyl (C=O) groups is 2. The highest BCUT2D eigenvalue weighted by molar-refractivity contribution is 5.98. The summed E-state index contributed by atoms with van der Waals surface area (Å²) in [6.07, 6.45) is 6.87. The van der Waals surface area contributed by atoms with Gasteiger partial charge in [0, 0.05) is 37.4 Å². The van der Waals surface area contributed by atoms with Gasteiger partial charge in [0.1, 0.15) is 11.9 Å². The number of carbonyl (C=O) groups excluding carboxylic acids is 2. The molecule has 1 heterocycles. The first kappa shape index (κ1) is 17.5. The van der Waals surface area contributed by atoms with Crippen LogP contribution in [0, 0.1) is 11.7 Å². The van der Waals surface area contributed by atoms with Crippen molar-refractivity contribution in [3.63, 3.8) is 0 Å². The Bertz CT molecular complexity index is 708. The quantitative estimate of drug-likeness (QED) is 0.745. The van der Waals surface area contributed by atoms with Gasteiger partial charge in [-0.2, -0.15) is 0 Å². The predicted octanol–water partition coefficient (Wildman–Crippen LogP) is 3.03. The van der Waals surface area contributed by atoms with Crippen LogP contribution in [0.15, 0.2) is 48.1 Å². The van der Waals surface area contributed by atoms with Crippen LogP contribution >= 0.6 is 0 Å². The summed E-state index contributed by atoms with van der Waals surface area (Å²) in [6.45, 7) is 1.30. The molecule has 3 rings (SSSR count). The van der Waals surface area contributed by atoms with E-state index in [1.165, 1.54) is 12.1 Å². The molecule has 1 aliphatic heterocycles. The average molecular weight is 343 g/mol. The van der Waals surface area contributed by atoms with E-state index >= 15 is 0 Å². The maximum Gasteiger partial charge on any atom is 0.306 e. The predicted molar refractivity (Wildman–Crippen MR) is 92.2 cm³/mol. The average Bonchev–Trinajstić information content (AvgIpc) is 2.61. The summed E-state index contributed by atoms with van der Waals surface area (Å²) >= 11 is 0. The van der Waals surface area contributed by atoms with E-state index in [-0.39, 0.29) is 29.6 Å². The van der Waals surface area contributed by atoms with Crippen LogP contribution in [0.25, 0.3) is 0 Å². The molecule has 4 nitrogen and oxygen atoms in total. The van der Waals surface area contributed by atoms with Crippen molar-refractivity contribution in [2.24, 2.45) is 5.92 Å². The maximum absolute atomic E-state index is 12.9. The highest BCUT2D eigenvalue weighted by Crippen LogP contribution is 2.29. The number of benzene rings is 1. The molecular weight excluding hydrogens is 321 g/mol. The third-order valence-corrected chi connectivity index (χ3v) is 4.64. The number of ketones is 1. The van der Waals surface area contributed by atoms with Gasteiger partial charge in [-0.15, -0.1) is 0 Å². The Morgan fingerprint density at radius 2 is 2.08 bits per heavy atom. The molecule has 0 bridgehead atoms. The van der Waals surface area contributed by atoms with Gasteiger partial charge in [0.15, 0.2) is 5.78 Å². The molecule has 2 aliphatic rings. The van der Waals surface area contributed by atoms with Gasteiger partial charge in [-0.05, 0) is 37.2 Å².